The fourth-order valence-electron chi connectivity index (χ4n) is 3.47. The lowest BCUT2D eigenvalue weighted by Gasteiger charge is -2.36. The van der Waals surface area contributed by atoms with E-state index in [4.69, 9.17) is 4.74 Å². The van der Waals surface area contributed by atoms with Crippen molar-refractivity contribution in [2.45, 2.75) is 26.3 Å². The number of hydrogen-bond donors (Lipinski definition) is 1. The molecule has 0 saturated carbocycles. The lowest BCUT2D eigenvalue weighted by molar-refractivity contribution is -0.176. The van der Waals surface area contributed by atoms with Crippen molar-refractivity contribution < 1.29 is 27.4 Å². The Morgan fingerprint density at radius 3 is 2.31 bits per heavy atom. The number of carbonyl (C=O) groups excluding carboxylic acids is 1. The smallest absolute Gasteiger partial charge is 0.411 e. The number of para-hydroxylation sites is 2. The molecule has 174 valence electrons. The lowest BCUT2D eigenvalue weighted by Crippen LogP contribution is -2.51. The average Bonchev–Trinajstić information content (AvgIpc) is 2.78. The number of benzene rings is 2. The van der Waals surface area contributed by atoms with E-state index in [-0.39, 0.29) is 12.6 Å². The first-order valence-corrected chi connectivity index (χ1v) is 10.6. The molecule has 1 fully saturated rings. The highest BCUT2D eigenvalue weighted by molar-refractivity contribution is 5.74. The molecule has 0 spiro atoms. The van der Waals surface area contributed by atoms with Crippen LogP contribution in [0.2, 0.25) is 0 Å². The summed E-state index contributed by atoms with van der Waals surface area (Å²) >= 11 is 0. The topological polar surface area (TPSA) is 54.0 Å². The number of amides is 2. The van der Waals surface area contributed by atoms with Crippen LogP contribution >= 0.6 is 0 Å². The first-order valence-electron chi connectivity index (χ1n) is 10.6. The number of rotatable bonds is 8. The van der Waals surface area contributed by atoms with Crippen LogP contribution in [-0.4, -0.2) is 56.5 Å². The third-order valence-corrected chi connectivity index (χ3v) is 5.07. The molecule has 1 N–H and O–H groups in total. The molecular formula is C23H28F3N3O3. The summed E-state index contributed by atoms with van der Waals surface area (Å²) in [6.45, 7) is 4.14. The van der Waals surface area contributed by atoms with Crippen LogP contribution in [-0.2, 0) is 17.9 Å². The summed E-state index contributed by atoms with van der Waals surface area (Å²) < 4.78 is 46.7. The predicted octanol–water partition coefficient (Wildman–Crippen LogP) is 4.20. The number of halogens is 3. The maximum absolute atomic E-state index is 12.5. The number of anilines is 1. The summed E-state index contributed by atoms with van der Waals surface area (Å²) in [6, 6.07) is 14.7. The van der Waals surface area contributed by atoms with E-state index in [1.807, 2.05) is 31.2 Å². The molecule has 6 nitrogen and oxygen atoms in total. The van der Waals surface area contributed by atoms with Gasteiger partial charge in [-0.15, -0.1) is 0 Å². The number of alkyl halides is 3. The second-order valence-electron chi connectivity index (χ2n) is 7.46. The molecule has 2 aromatic rings. The Labute approximate surface area is 185 Å². The molecule has 2 aromatic carbocycles. The van der Waals surface area contributed by atoms with Crippen LogP contribution in [0.15, 0.2) is 48.5 Å². The zero-order valence-electron chi connectivity index (χ0n) is 18.0. The molecule has 1 aliphatic heterocycles. The SMILES string of the molecule is CCOc1ccccc1N1CCN(C(=O)NCc2ccc(COCC(F)(F)F)cc2)CC1. The van der Waals surface area contributed by atoms with Crippen LogP contribution in [0.4, 0.5) is 23.7 Å². The van der Waals surface area contributed by atoms with Crippen LogP contribution in [0.1, 0.15) is 18.1 Å². The highest BCUT2D eigenvalue weighted by Crippen LogP contribution is 2.28. The Morgan fingerprint density at radius 2 is 1.66 bits per heavy atom. The van der Waals surface area contributed by atoms with Crippen LogP contribution in [0, 0.1) is 0 Å². The van der Waals surface area contributed by atoms with Crippen molar-refractivity contribution in [3.05, 3.63) is 59.7 Å². The van der Waals surface area contributed by atoms with Gasteiger partial charge in [0.1, 0.15) is 12.4 Å². The number of nitrogens with one attached hydrogen (secondary N) is 1. The van der Waals surface area contributed by atoms with E-state index in [1.54, 1.807) is 29.2 Å². The van der Waals surface area contributed by atoms with Gasteiger partial charge in [-0.05, 0) is 30.2 Å². The summed E-state index contributed by atoms with van der Waals surface area (Å²) in [4.78, 5) is 16.5. The van der Waals surface area contributed by atoms with Crippen LogP contribution in [0.5, 0.6) is 5.75 Å². The molecule has 2 amide bonds. The molecule has 32 heavy (non-hydrogen) atoms. The van der Waals surface area contributed by atoms with Crippen molar-refractivity contribution in [3.63, 3.8) is 0 Å². The van der Waals surface area contributed by atoms with Crippen LogP contribution in [0.25, 0.3) is 0 Å². The molecule has 9 heteroatoms. The van der Waals surface area contributed by atoms with Gasteiger partial charge in [-0.25, -0.2) is 4.79 Å². The van der Waals surface area contributed by atoms with E-state index < -0.39 is 12.8 Å². The number of urea groups is 1. The number of ether oxygens (including phenoxy) is 2. The maximum Gasteiger partial charge on any atom is 0.411 e. The van der Waals surface area contributed by atoms with E-state index in [1.165, 1.54) is 0 Å². The van der Waals surface area contributed by atoms with E-state index in [9.17, 15) is 18.0 Å². The molecule has 1 aliphatic rings. The zero-order chi connectivity index (χ0) is 23.0. The van der Waals surface area contributed by atoms with Gasteiger partial charge < -0.3 is 24.6 Å². The van der Waals surface area contributed by atoms with Gasteiger partial charge in [0.25, 0.3) is 0 Å². The Morgan fingerprint density at radius 1 is 1.00 bits per heavy atom. The summed E-state index contributed by atoms with van der Waals surface area (Å²) in [5.74, 6) is 0.847. The minimum absolute atomic E-state index is 0.108. The summed E-state index contributed by atoms with van der Waals surface area (Å²) in [5.41, 5.74) is 2.55. The van der Waals surface area contributed by atoms with Gasteiger partial charge in [-0.2, -0.15) is 13.2 Å². The molecular weight excluding hydrogens is 423 g/mol. The summed E-state index contributed by atoms with van der Waals surface area (Å²) in [7, 11) is 0. The standard InChI is InChI=1S/C23H28F3N3O3/c1-2-32-21-6-4-3-5-20(21)28-11-13-29(14-12-28)22(30)27-15-18-7-9-19(10-8-18)16-31-17-23(24,25)26/h3-10H,2,11-17H2,1H3,(H,27,30). The average molecular weight is 451 g/mol. The third-order valence-electron chi connectivity index (χ3n) is 5.07. The molecule has 0 unspecified atom stereocenters. The quantitative estimate of drug-likeness (QED) is 0.654. The lowest BCUT2D eigenvalue weighted by atomic mass is 10.1. The van der Waals surface area contributed by atoms with Crippen molar-refractivity contribution in [2.75, 3.05) is 44.3 Å². The van der Waals surface area contributed by atoms with Crippen molar-refractivity contribution in [2.24, 2.45) is 0 Å². The van der Waals surface area contributed by atoms with Crippen molar-refractivity contribution in [1.82, 2.24) is 10.2 Å². The number of carbonyl (C=O) groups is 1. The Bertz CT molecular complexity index is 867. The molecule has 0 bridgehead atoms. The summed E-state index contributed by atoms with van der Waals surface area (Å²) in [6.07, 6.45) is -4.33. The van der Waals surface area contributed by atoms with E-state index in [2.05, 4.69) is 15.0 Å². The molecule has 0 aromatic heterocycles. The monoisotopic (exact) mass is 451 g/mol. The van der Waals surface area contributed by atoms with Crippen molar-refractivity contribution in [1.29, 1.82) is 0 Å². The first-order chi connectivity index (χ1) is 15.4. The number of piperazine rings is 1. The van der Waals surface area contributed by atoms with E-state index >= 15 is 0 Å². The number of hydrogen-bond acceptors (Lipinski definition) is 4. The molecule has 0 aliphatic carbocycles. The van der Waals surface area contributed by atoms with Crippen molar-refractivity contribution >= 4 is 11.7 Å². The van der Waals surface area contributed by atoms with Crippen molar-refractivity contribution in [3.8, 4) is 5.75 Å². The van der Waals surface area contributed by atoms with E-state index in [0.717, 1.165) is 17.0 Å². The fourth-order valence-corrected chi connectivity index (χ4v) is 3.47. The second kappa shape index (κ2) is 11.1. The number of nitrogens with zero attached hydrogens (tertiary/aromatic N) is 2. The molecule has 3 rings (SSSR count). The molecule has 0 atom stereocenters. The fraction of sp³-hybridized carbons (Fsp3) is 0.435. The normalized spacial score (nSPS) is 14.4. The molecule has 0 radical (unpaired) electrons. The predicted molar refractivity (Wildman–Crippen MR) is 116 cm³/mol. The highest BCUT2D eigenvalue weighted by atomic mass is 19.4. The van der Waals surface area contributed by atoms with Gasteiger partial charge in [0, 0.05) is 32.7 Å². The van der Waals surface area contributed by atoms with Gasteiger partial charge in [-0.3, -0.25) is 0 Å². The van der Waals surface area contributed by atoms with Gasteiger partial charge in [0.15, 0.2) is 0 Å². The second-order valence-corrected chi connectivity index (χ2v) is 7.46. The Balaban J connectivity index is 1.43. The van der Waals surface area contributed by atoms with Gasteiger partial charge in [0.05, 0.1) is 18.9 Å². The first kappa shape index (κ1) is 23.7. The van der Waals surface area contributed by atoms with Gasteiger partial charge in [-0.1, -0.05) is 36.4 Å². The minimum Gasteiger partial charge on any atom is -0.492 e. The van der Waals surface area contributed by atoms with Crippen LogP contribution < -0.4 is 15.0 Å². The van der Waals surface area contributed by atoms with Gasteiger partial charge >= 0.3 is 12.2 Å². The Kier molecular flexibility index (Phi) is 8.21. The summed E-state index contributed by atoms with van der Waals surface area (Å²) in [5, 5.41) is 2.90. The maximum atomic E-state index is 12.5. The largest absolute Gasteiger partial charge is 0.492 e. The molecule has 1 saturated heterocycles. The highest BCUT2D eigenvalue weighted by Gasteiger charge is 2.27. The van der Waals surface area contributed by atoms with Gasteiger partial charge in [0.2, 0.25) is 0 Å². The Hall–Kier alpha value is -2.94. The zero-order valence-corrected chi connectivity index (χ0v) is 18.0. The van der Waals surface area contributed by atoms with E-state index in [0.29, 0.717) is 44.9 Å². The van der Waals surface area contributed by atoms with Crippen LogP contribution in [0.3, 0.4) is 0 Å². The molecule has 1 heterocycles. The minimum atomic E-state index is -4.33. The third kappa shape index (κ3) is 7.05.